The largest absolute Gasteiger partial charge is 0.358 e. The zero-order valence-electron chi connectivity index (χ0n) is 13.9. The molecule has 0 aliphatic carbocycles. The first-order valence-electron chi connectivity index (χ1n) is 8.61. The molecule has 1 aromatic heterocycles. The Morgan fingerprint density at radius 2 is 2.24 bits per heavy atom. The molecule has 0 saturated carbocycles. The van der Waals surface area contributed by atoms with Crippen molar-refractivity contribution in [2.45, 2.75) is 31.8 Å². The Balaban J connectivity index is 1.52. The molecule has 0 radical (unpaired) electrons. The molecule has 2 aromatic rings. The van der Waals surface area contributed by atoms with E-state index in [0.29, 0.717) is 12.1 Å². The van der Waals surface area contributed by atoms with Crippen molar-refractivity contribution in [2.24, 2.45) is 0 Å². The van der Waals surface area contributed by atoms with Gasteiger partial charge in [-0.25, -0.2) is 0 Å². The van der Waals surface area contributed by atoms with E-state index in [1.807, 2.05) is 24.3 Å². The second kappa shape index (κ2) is 6.55. The van der Waals surface area contributed by atoms with E-state index < -0.39 is 0 Å². The van der Waals surface area contributed by atoms with Gasteiger partial charge in [0, 0.05) is 31.0 Å². The maximum absolute atomic E-state index is 12.4. The van der Waals surface area contributed by atoms with Crippen LogP contribution in [-0.2, 0) is 11.3 Å². The third kappa shape index (κ3) is 3.07. The lowest BCUT2D eigenvalue weighted by Crippen LogP contribution is -2.50. The van der Waals surface area contributed by atoms with Crippen molar-refractivity contribution in [2.75, 3.05) is 16.8 Å². The van der Waals surface area contributed by atoms with E-state index in [4.69, 9.17) is 0 Å². The maximum Gasteiger partial charge on any atom is 0.251 e. The number of carbonyl (C=O) groups is 2. The lowest BCUT2D eigenvalue weighted by atomic mass is 9.97. The lowest BCUT2D eigenvalue weighted by molar-refractivity contribution is -0.118. The van der Waals surface area contributed by atoms with Crippen LogP contribution < -0.4 is 15.5 Å². The fourth-order valence-corrected chi connectivity index (χ4v) is 3.52. The first kappa shape index (κ1) is 15.6. The van der Waals surface area contributed by atoms with E-state index in [9.17, 15) is 9.59 Å². The van der Waals surface area contributed by atoms with E-state index in [1.165, 1.54) is 0 Å². The molecule has 0 unspecified atom stereocenters. The van der Waals surface area contributed by atoms with E-state index >= 15 is 0 Å². The van der Waals surface area contributed by atoms with Crippen LogP contribution in [0.2, 0.25) is 0 Å². The van der Waals surface area contributed by atoms with Crippen LogP contribution in [0.5, 0.6) is 0 Å². The van der Waals surface area contributed by atoms with Crippen molar-refractivity contribution in [3.05, 3.63) is 53.9 Å². The molecule has 25 heavy (non-hydrogen) atoms. The van der Waals surface area contributed by atoms with Crippen molar-refractivity contribution < 1.29 is 9.59 Å². The number of nitrogens with one attached hydrogen (secondary N) is 2. The SMILES string of the molecule is O=C(NCc1cccnc1)c1ccc2c(c1)NC(=O)[C@H]1CCCCN21. The number of fused-ring (bicyclic) bond motifs is 3. The zero-order chi connectivity index (χ0) is 17.2. The van der Waals surface area contributed by atoms with Crippen molar-refractivity contribution >= 4 is 23.2 Å². The Labute approximate surface area is 146 Å². The van der Waals surface area contributed by atoms with Crippen molar-refractivity contribution in [1.82, 2.24) is 10.3 Å². The Bertz CT molecular complexity index is 806. The average Bonchev–Trinajstić information content (AvgIpc) is 2.67. The summed E-state index contributed by atoms with van der Waals surface area (Å²) in [5.41, 5.74) is 3.21. The van der Waals surface area contributed by atoms with Gasteiger partial charge in [0.05, 0.1) is 11.4 Å². The van der Waals surface area contributed by atoms with Gasteiger partial charge in [-0.1, -0.05) is 6.07 Å². The quantitative estimate of drug-likeness (QED) is 0.902. The second-order valence-electron chi connectivity index (χ2n) is 6.47. The third-order valence-electron chi connectivity index (χ3n) is 4.81. The minimum atomic E-state index is -0.165. The summed E-state index contributed by atoms with van der Waals surface area (Å²) in [7, 11) is 0. The highest BCUT2D eigenvalue weighted by Crippen LogP contribution is 2.36. The molecule has 0 spiro atoms. The molecular formula is C19H20N4O2. The molecule has 1 fully saturated rings. The Hall–Kier alpha value is -2.89. The Morgan fingerprint density at radius 3 is 3.08 bits per heavy atom. The minimum Gasteiger partial charge on any atom is -0.358 e. The number of aromatic nitrogens is 1. The minimum absolute atomic E-state index is 0.0279. The summed E-state index contributed by atoms with van der Waals surface area (Å²) in [5.74, 6) is -0.137. The molecule has 1 saturated heterocycles. The topological polar surface area (TPSA) is 74.3 Å². The second-order valence-corrected chi connectivity index (χ2v) is 6.47. The fourth-order valence-electron chi connectivity index (χ4n) is 3.52. The highest BCUT2D eigenvalue weighted by atomic mass is 16.2. The van der Waals surface area contributed by atoms with Crippen LogP contribution in [0.15, 0.2) is 42.7 Å². The summed E-state index contributed by atoms with van der Waals surface area (Å²) in [6.45, 7) is 1.31. The van der Waals surface area contributed by atoms with Gasteiger partial charge in [-0.3, -0.25) is 14.6 Å². The van der Waals surface area contributed by atoms with Crippen LogP contribution in [0.3, 0.4) is 0 Å². The van der Waals surface area contributed by atoms with Gasteiger partial charge < -0.3 is 15.5 Å². The Morgan fingerprint density at radius 1 is 1.32 bits per heavy atom. The summed E-state index contributed by atoms with van der Waals surface area (Å²) in [6.07, 6.45) is 6.49. The van der Waals surface area contributed by atoms with E-state index in [2.05, 4.69) is 20.5 Å². The predicted molar refractivity (Wildman–Crippen MR) is 95.5 cm³/mol. The van der Waals surface area contributed by atoms with Gasteiger partial charge in [-0.15, -0.1) is 0 Å². The molecule has 1 aromatic carbocycles. The van der Waals surface area contributed by atoms with Gasteiger partial charge in [0.2, 0.25) is 5.91 Å². The molecule has 6 nitrogen and oxygen atoms in total. The number of nitrogens with zero attached hydrogens (tertiary/aromatic N) is 2. The molecule has 3 heterocycles. The number of anilines is 2. The lowest BCUT2D eigenvalue weighted by Gasteiger charge is -2.41. The van der Waals surface area contributed by atoms with Crippen LogP contribution in [0.4, 0.5) is 11.4 Å². The summed E-state index contributed by atoms with van der Waals surface area (Å²) in [6, 6.07) is 9.19. The van der Waals surface area contributed by atoms with Crippen LogP contribution in [-0.4, -0.2) is 29.4 Å². The highest BCUT2D eigenvalue weighted by molar-refractivity contribution is 6.05. The normalized spacial score (nSPS) is 18.8. The summed E-state index contributed by atoms with van der Waals surface area (Å²) in [5, 5.41) is 5.84. The van der Waals surface area contributed by atoms with Crippen molar-refractivity contribution in [3.8, 4) is 0 Å². The summed E-state index contributed by atoms with van der Waals surface area (Å²) >= 11 is 0. The monoisotopic (exact) mass is 336 g/mol. The maximum atomic E-state index is 12.4. The zero-order valence-corrected chi connectivity index (χ0v) is 13.9. The van der Waals surface area contributed by atoms with Crippen LogP contribution >= 0.6 is 0 Å². The molecule has 1 atom stereocenters. The highest BCUT2D eigenvalue weighted by Gasteiger charge is 2.34. The fraction of sp³-hybridized carbons (Fsp3) is 0.316. The van der Waals surface area contributed by atoms with Crippen molar-refractivity contribution in [3.63, 3.8) is 0 Å². The molecule has 2 amide bonds. The number of benzene rings is 1. The molecule has 0 bridgehead atoms. The van der Waals surface area contributed by atoms with Gasteiger partial charge in [-0.05, 0) is 49.1 Å². The predicted octanol–water partition coefficient (Wildman–Crippen LogP) is 2.32. The number of hydrogen-bond acceptors (Lipinski definition) is 4. The van der Waals surface area contributed by atoms with E-state index in [-0.39, 0.29) is 17.9 Å². The van der Waals surface area contributed by atoms with Crippen LogP contribution in [0, 0.1) is 0 Å². The van der Waals surface area contributed by atoms with Gasteiger partial charge in [-0.2, -0.15) is 0 Å². The standard InChI is InChI=1S/C19H20N4O2/c24-18(21-12-13-4-3-8-20-11-13)14-6-7-16-15(10-14)22-19(25)17-5-1-2-9-23(16)17/h3-4,6-8,10-11,17H,1-2,5,9,12H2,(H,21,24)(H,22,25)/t17-/m1/s1. The first-order chi connectivity index (χ1) is 12.2. The number of pyridine rings is 1. The van der Waals surface area contributed by atoms with Gasteiger partial charge in [0.25, 0.3) is 5.91 Å². The number of carbonyl (C=O) groups excluding carboxylic acids is 2. The number of hydrogen-bond donors (Lipinski definition) is 2. The van der Waals surface area contributed by atoms with Gasteiger partial charge in [0.1, 0.15) is 6.04 Å². The van der Waals surface area contributed by atoms with E-state index in [0.717, 1.165) is 42.7 Å². The van der Waals surface area contributed by atoms with Crippen LogP contribution in [0.25, 0.3) is 0 Å². The molecule has 2 aliphatic heterocycles. The first-order valence-corrected chi connectivity index (χ1v) is 8.61. The third-order valence-corrected chi connectivity index (χ3v) is 4.81. The molecule has 2 aliphatic rings. The van der Waals surface area contributed by atoms with Crippen LogP contribution in [0.1, 0.15) is 35.2 Å². The molecule has 128 valence electrons. The van der Waals surface area contributed by atoms with Gasteiger partial charge >= 0.3 is 0 Å². The molecular weight excluding hydrogens is 316 g/mol. The average molecular weight is 336 g/mol. The Kier molecular flexibility index (Phi) is 4.09. The summed E-state index contributed by atoms with van der Waals surface area (Å²) in [4.78, 5) is 30.9. The number of amides is 2. The van der Waals surface area contributed by atoms with E-state index in [1.54, 1.807) is 18.5 Å². The number of rotatable bonds is 3. The van der Waals surface area contributed by atoms with Crippen molar-refractivity contribution in [1.29, 1.82) is 0 Å². The van der Waals surface area contributed by atoms with Gasteiger partial charge in [0.15, 0.2) is 0 Å². The number of piperidine rings is 1. The molecule has 4 rings (SSSR count). The summed E-state index contributed by atoms with van der Waals surface area (Å²) < 4.78 is 0. The molecule has 6 heteroatoms. The molecule has 2 N–H and O–H groups in total. The smallest absolute Gasteiger partial charge is 0.251 e.